The molecule has 0 saturated heterocycles. The lowest BCUT2D eigenvalue weighted by atomic mass is 10.1. The van der Waals surface area contributed by atoms with Crippen LogP contribution in [-0.4, -0.2) is 0 Å². The minimum Gasteiger partial charge on any atom is -0.455 e. The summed E-state index contributed by atoms with van der Waals surface area (Å²) in [6.07, 6.45) is 0. The summed E-state index contributed by atoms with van der Waals surface area (Å²) in [5.74, 6) is 1.49. The summed E-state index contributed by atoms with van der Waals surface area (Å²) < 4.78 is 5.79. The third-order valence-corrected chi connectivity index (χ3v) is 2.87. The largest absolute Gasteiger partial charge is 0.455 e. The molecule has 0 aromatic heterocycles. The number of ether oxygens (including phenoxy) is 1. The van der Waals surface area contributed by atoms with Crippen LogP contribution in [0.1, 0.15) is 0 Å². The average Bonchev–Trinajstić information content (AvgIpc) is 2.41. The number of hydrogen-bond donors (Lipinski definition) is 1. The highest BCUT2D eigenvalue weighted by Crippen LogP contribution is 2.29. The van der Waals surface area contributed by atoms with Crippen LogP contribution in [0.3, 0.4) is 0 Å². The van der Waals surface area contributed by atoms with Gasteiger partial charge in [-0.3, -0.25) is 0 Å². The van der Waals surface area contributed by atoms with Crippen LogP contribution in [0.2, 0.25) is 0 Å². The number of nitrogen functional groups attached to an aromatic ring is 1. The minimum atomic E-state index is 0.644. The molecule has 88 valence electrons. The first-order valence-electron chi connectivity index (χ1n) is 5.84. The van der Waals surface area contributed by atoms with Gasteiger partial charge < -0.3 is 10.5 Å². The van der Waals surface area contributed by atoms with Gasteiger partial charge in [-0.05, 0) is 35.0 Å². The summed E-state index contributed by atoms with van der Waals surface area (Å²) in [5, 5.41) is 2.36. The first-order chi connectivity index (χ1) is 8.83. The number of fused-ring (bicyclic) bond motifs is 1. The van der Waals surface area contributed by atoms with Gasteiger partial charge in [0.25, 0.3) is 0 Å². The SMILES string of the molecule is Nc1ccccc1Oc1ccc2ccccc2c1. The normalized spacial score (nSPS) is 10.4. The molecule has 3 aromatic carbocycles. The molecule has 2 nitrogen and oxygen atoms in total. The second-order valence-corrected chi connectivity index (χ2v) is 4.15. The van der Waals surface area contributed by atoms with Crippen molar-refractivity contribution in [2.75, 3.05) is 5.73 Å². The second-order valence-electron chi connectivity index (χ2n) is 4.15. The van der Waals surface area contributed by atoms with E-state index in [0.717, 1.165) is 11.1 Å². The predicted molar refractivity (Wildman–Crippen MR) is 74.9 cm³/mol. The summed E-state index contributed by atoms with van der Waals surface area (Å²) in [4.78, 5) is 0. The van der Waals surface area contributed by atoms with Gasteiger partial charge in [-0.15, -0.1) is 0 Å². The Morgan fingerprint density at radius 2 is 1.44 bits per heavy atom. The van der Waals surface area contributed by atoms with E-state index in [4.69, 9.17) is 10.5 Å². The number of para-hydroxylation sites is 2. The molecule has 0 unspecified atom stereocenters. The Kier molecular flexibility index (Phi) is 2.61. The van der Waals surface area contributed by atoms with Crippen molar-refractivity contribution in [1.82, 2.24) is 0 Å². The average molecular weight is 235 g/mol. The fourth-order valence-corrected chi connectivity index (χ4v) is 1.93. The van der Waals surface area contributed by atoms with Gasteiger partial charge in [0.1, 0.15) is 11.5 Å². The Morgan fingerprint density at radius 3 is 2.28 bits per heavy atom. The van der Waals surface area contributed by atoms with Crippen molar-refractivity contribution in [2.45, 2.75) is 0 Å². The van der Waals surface area contributed by atoms with Crippen molar-refractivity contribution in [3.05, 3.63) is 66.7 Å². The Bertz CT molecular complexity index is 691. The van der Waals surface area contributed by atoms with Gasteiger partial charge >= 0.3 is 0 Å². The molecule has 0 spiro atoms. The van der Waals surface area contributed by atoms with E-state index in [1.165, 1.54) is 5.39 Å². The lowest BCUT2D eigenvalue weighted by Gasteiger charge is -2.08. The van der Waals surface area contributed by atoms with Crippen LogP contribution in [0.15, 0.2) is 66.7 Å². The van der Waals surface area contributed by atoms with Crippen LogP contribution < -0.4 is 10.5 Å². The molecule has 3 aromatic rings. The van der Waals surface area contributed by atoms with Crippen molar-refractivity contribution < 1.29 is 4.74 Å². The Labute approximate surface area is 106 Å². The second kappa shape index (κ2) is 4.41. The molecule has 0 heterocycles. The zero-order valence-corrected chi connectivity index (χ0v) is 9.84. The lowest BCUT2D eigenvalue weighted by molar-refractivity contribution is 0.486. The van der Waals surface area contributed by atoms with Crippen LogP contribution in [0, 0.1) is 0 Å². The number of anilines is 1. The summed E-state index contributed by atoms with van der Waals surface area (Å²) in [6, 6.07) is 21.7. The maximum Gasteiger partial charge on any atom is 0.150 e. The molecule has 2 heteroatoms. The number of hydrogen-bond acceptors (Lipinski definition) is 2. The van der Waals surface area contributed by atoms with Gasteiger partial charge in [-0.2, -0.15) is 0 Å². The molecule has 0 atom stereocenters. The van der Waals surface area contributed by atoms with Crippen molar-refractivity contribution in [2.24, 2.45) is 0 Å². The third kappa shape index (κ3) is 2.00. The topological polar surface area (TPSA) is 35.2 Å². The molecule has 18 heavy (non-hydrogen) atoms. The van der Waals surface area contributed by atoms with E-state index in [-0.39, 0.29) is 0 Å². The molecular formula is C16H13NO. The molecule has 0 aliphatic carbocycles. The monoisotopic (exact) mass is 235 g/mol. The zero-order valence-electron chi connectivity index (χ0n) is 9.84. The van der Waals surface area contributed by atoms with E-state index in [1.807, 2.05) is 54.6 Å². The smallest absolute Gasteiger partial charge is 0.150 e. The van der Waals surface area contributed by atoms with E-state index >= 15 is 0 Å². The highest BCUT2D eigenvalue weighted by Gasteiger charge is 2.01. The van der Waals surface area contributed by atoms with Gasteiger partial charge in [0.05, 0.1) is 5.69 Å². The highest BCUT2D eigenvalue weighted by molar-refractivity contribution is 5.83. The van der Waals surface area contributed by atoms with Crippen LogP contribution in [0.25, 0.3) is 10.8 Å². The van der Waals surface area contributed by atoms with E-state index in [0.29, 0.717) is 11.4 Å². The van der Waals surface area contributed by atoms with Gasteiger partial charge in [-0.25, -0.2) is 0 Å². The summed E-state index contributed by atoms with van der Waals surface area (Å²) in [7, 11) is 0. The first-order valence-corrected chi connectivity index (χ1v) is 5.84. The van der Waals surface area contributed by atoms with Crippen LogP contribution in [0.4, 0.5) is 5.69 Å². The van der Waals surface area contributed by atoms with Crippen molar-refractivity contribution in [3.8, 4) is 11.5 Å². The quantitative estimate of drug-likeness (QED) is 0.675. The maximum atomic E-state index is 5.86. The molecule has 0 fully saturated rings. The third-order valence-electron chi connectivity index (χ3n) is 2.87. The summed E-state index contributed by atoms with van der Waals surface area (Å²) >= 11 is 0. The zero-order chi connectivity index (χ0) is 12.4. The Balaban J connectivity index is 1.98. The Morgan fingerprint density at radius 1 is 0.722 bits per heavy atom. The van der Waals surface area contributed by atoms with Crippen LogP contribution in [-0.2, 0) is 0 Å². The molecule has 0 bridgehead atoms. The predicted octanol–water partition coefficient (Wildman–Crippen LogP) is 4.21. The van der Waals surface area contributed by atoms with E-state index in [2.05, 4.69) is 12.1 Å². The van der Waals surface area contributed by atoms with E-state index < -0.39 is 0 Å². The minimum absolute atomic E-state index is 0.644. The fraction of sp³-hybridized carbons (Fsp3) is 0. The molecule has 0 amide bonds. The number of benzene rings is 3. The van der Waals surface area contributed by atoms with Gasteiger partial charge in [0.15, 0.2) is 0 Å². The van der Waals surface area contributed by atoms with Gasteiger partial charge in [0.2, 0.25) is 0 Å². The maximum absolute atomic E-state index is 5.86. The molecule has 0 aliphatic heterocycles. The lowest BCUT2D eigenvalue weighted by Crippen LogP contribution is -1.91. The van der Waals surface area contributed by atoms with Crippen LogP contribution >= 0.6 is 0 Å². The molecular weight excluding hydrogens is 222 g/mol. The molecule has 0 saturated carbocycles. The van der Waals surface area contributed by atoms with E-state index in [1.54, 1.807) is 0 Å². The van der Waals surface area contributed by atoms with Crippen molar-refractivity contribution in [3.63, 3.8) is 0 Å². The summed E-state index contributed by atoms with van der Waals surface area (Å²) in [6.45, 7) is 0. The summed E-state index contributed by atoms with van der Waals surface area (Å²) in [5.41, 5.74) is 6.50. The standard InChI is InChI=1S/C16H13NO/c17-15-7-3-4-8-16(15)18-14-10-9-12-5-1-2-6-13(12)11-14/h1-11H,17H2. The van der Waals surface area contributed by atoms with Gasteiger partial charge in [-0.1, -0.05) is 42.5 Å². The molecule has 3 rings (SSSR count). The highest BCUT2D eigenvalue weighted by atomic mass is 16.5. The van der Waals surface area contributed by atoms with Crippen molar-refractivity contribution in [1.29, 1.82) is 0 Å². The molecule has 2 N–H and O–H groups in total. The van der Waals surface area contributed by atoms with E-state index in [9.17, 15) is 0 Å². The van der Waals surface area contributed by atoms with Gasteiger partial charge in [0, 0.05) is 0 Å². The fourth-order valence-electron chi connectivity index (χ4n) is 1.93. The number of rotatable bonds is 2. The van der Waals surface area contributed by atoms with Crippen molar-refractivity contribution >= 4 is 16.5 Å². The first kappa shape index (κ1) is 10.7. The molecule has 0 aliphatic rings. The number of nitrogens with two attached hydrogens (primary N) is 1. The molecule has 0 radical (unpaired) electrons. The van der Waals surface area contributed by atoms with Crippen LogP contribution in [0.5, 0.6) is 11.5 Å². The Hall–Kier alpha value is -2.48.